The Hall–Kier alpha value is -3.35. The Morgan fingerprint density at radius 3 is 2.68 bits per heavy atom. The van der Waals surface area contributed by atoms with Crippen LogP contribution in [0.25, 0.3) is 0 Å². The number of ether oxygens (including phenoxy) is 2. The second-order valence-electron chi connectivity index (χ2n) is 6.41. The molecule has 28 heavy (non-hydrogen) atoms. The van der Waals surface area contributed by atoms with Gasteiger partial charge in [0, 0.05) is 11.8 Å². The van der Waals surface area contributed by atoms with E-state index in [2.05, 4.69) is 15.5 Å². The summed E-state index contributed by atoms with van der Waals surface area (Å²) in [5.74, 6) is 1.52. The Labute approximate surface area is 163 Å². The van der Waals surface area contributed by atoms with Crippen molar-refractivity contribution < 1.29 is 18.8 Å². The molecular formula is C21H23N3O4. The molecule has 1 amide bonds. The molecule has 0 fully saturated rings. The van der Waals surface area contributed by atoms with Gasteiger partial charge in [-0.05, 0) is 51.1 Å². The molecule has 146 valence electrons. The van der Waals surface area contributed by atoms with E-state index < -0.39 is 0 Å². The maximum Gasteiger partial charge on any atom is 0.251 e. The van der Waals surface area contributed by atoms with Gasteiger partial charge in [0.25, 0.3) is 5.91 Å². The summed E-state index contributed by atoms with van der Waals surface area (Å²) in [6.45, 7) is 5.90. The van der Waals surface area contributed by atoms with Crippen molar-refractivity contribution in [3.8, 4) is 11.5 Å². The molecule has 1 aromatic carbocycles. The lowest BCUT2D eigenvalue weighted by atomic mass is 10.1. The van der Waals surface area contributed by atoms with Crippen LogP contribution in [0.1, 0.15) is 46.0 Å². The molecule has 0 spiro atoms. The standard InChI is InChI=1S/C21H23N3O4/c1-13-17(15(3)28-24-13)12-27-19-9-8-16(11-20(19)26-4)21(25)23-14(2)18-7-5-6-10-22-18/h5-11,14H,12H2,1-4H3,(H,23,25)/t14-/m1/s1. The Kier molecular flexibility index (Phi) is 5.93. The molecule has 0 saturated heterocycles. The number of aryl methyl sites for hydroxylation is 2. The number of carbonyl (C=O) groups is 1. The zero-order valence-electron chi connectivity index (χ0n) is 16.4. The van der Waals surface area contributed by atoms with Crippen LogP contribution in [0.5, 0.6) is 11.5 Å². The zero-order valence-corrected chi connectivity index (χ0v) is 16.4. The van der Waals surface area contributed by atoms with Gasteiger partial charge in [0.05, 0.1) is 30.1 Å². The number of nitrogens with zero attached hydrogens (tertiary/aromatic N) is 2. The van der Waals surface area contributed by atoms with Crippen LogP contribution in [0.2, 0.25) is 0 Å². The lowest BCUT2D eigenvalue weighted by Crippen LogP contribution is -2.27. The highest BCUT2D eigenvalue weighted by molar-refractivity contribution is 5.95. The number of amides is 1. The van der Waals surface area contributed by atoms with Crippen LogP contribution in [0.15, 0.2) is 47.1 Å². The highest BCUT2D eigenvalue weighted by atomic mass is 16.5. The van der Waals surface area contributed by atoms with E-state index in [9.17, 15) is 4.79 Å². The first-order valence-corrected chi connectivity index (χ1v) is 8.94. The van der Waals surface area contributed by atoms with E-state index in [0.29, 0.717) is 23.7 Å². The molecule has 2 heterocycles. The lowest BCUT2D eigenvalue weighted by Gasteiger charge is -2.15. The summed E-state index contributed by atoms with van der Waals surface area (Å²) in [6.07, 6.45) is 1.70. The summed E-state index contributed by atoms with van der Waals surface area (Å²) in [5.41, 5.74) is 2.95. The zero-order chi connectivity index (χ0) is 20.1. The van der Waals surface area contributed by atoms with Crippen LogP contribution < -0.4 is 14.8 Å². The van der Waals surface area contributed by atoms with E-state index in [0.717, 1.165) is 22.7 Å². The van der Waals surface area contributed by atoms with Crippen LogP contribution in [0.3, 0.4) is 0 Å². The molecular weight excluding hydrogens is 358 g/mol. The number of benzene rings is 1. The fourth-order valence-electron chi connectivity index (χ4n) is 2.77. The first-order valence-electron chi connectivity index (χ1n) is 8.94. The number of rotatable bonds is 7. The Balaban J connectivity index is 1.71. The minimum absolute atomic E-state index is 0.213. The monoisotopic (exact) mass is 381 g/mol. The average Bonchev–Trinajstić information content (AvgIpc) is 3.04. The van der Waals surface area contributed by atoms with E-state index in [-0.39, 0.29) is 11.9 Å². The minimum Gasteiger partial charge on any atom is -0.493 e. The smallest absolute Gasteiger partial charge is 0.251 e. The van der Waals surface area contributed by atoms with Crippen LogP contribution in [-0.4, -0.2) is 23.2 Å². The largest absolute Gasteiger partial charge is 0.493 e. The normalized spacial score (nSPS) is 11.7. The Bertz CT molecular complexity index is 934. The van der Waals surface area contributed by atoms with Crippen molar-refractivity contribution in [2.45, 2.75) is 33.4 Å². The summed E-state index contributed by atoms with van der Waals surface area (Å²) in [4.78, 5) is 16.8. The van der Waals surface area contributed by atoms with E-state index in [1.165, 1.54) is 7.11 Å². The molecule has 0 aliphatic carbocycles. The first kappa shape index (κ1) is 19.4. The summed E-state index contributed by atoms with van der Waals surface area (Å²) >= 11 is 0. The predicted molar refractivity (Wildman–Crippen MR) is 103 cm³/mol. The van der Waals surface area contributed by atoms with Crippen molar-refractivity contribution in [2.75, 3.05) is 7.11 Å². The number of hydrogen-bond acceptors (Lipinski definition) is 6. The average molecular weight is 381 g/mol. The second kappa shape index (κ2) is 8.56. The van der Waals surface area contributed by atoms with Gasteiger partial charge in [-0.3, -0.25) is 9.78 Å². The van der Waals surface area contributed by atoms with Crippen LogP contribution >= 0.6 is 0 Å². The second-order valence-corrected chi connectivity index (χ2v) is 6.41. The highest BCUT2D eigenvalue weighted by Gasteiger charge is 2.16. The first-order chi connectivity index (χ1) is 13.5. The SMILES string of the molecule is COc1cc(C(=O)N[C@H](C)c2ccccn2)ccc1OCc1c(C)noc1C. The predicted octanol–water partition coefficient (Wildman–Crippen LogP) is 3.77. The van der Waals surface area contributed by atoms with Crippen molar-refractivity contribution in [1.82, 2.24) is 15.5 Å². The van der Waals surface area contributed by atoms with Gasteiger partial charge in [-0.2, -0.15) is 0 Å². The molecule has 0 bridgehead atoms. The molecule has 1 atom stereocenters. The quantitative estimate of drug-likeness (QED) is 0.670. The molecule has 7 nitrogen and oxygen atoms in total. The van der Waals surface area contributed by atoms with E-state index >= 15 is 0 Å². The van der Waals surface area contributed by atoms with Gasteiger partial charge in [-0.1, -0.05) is 11.2 Å². The van der Waals surface area contributed by atoms with E-state index in [1.54, 1.807) is 24.4 Å². The number of methoxy groups -OCH3 is 1. The molecule has 7 heteroatoms. The third-order valence-corrected chi connectivity index (χ3v) is 4.46. The molecule has 0 saturated carbocycles. The fraction of sp³-hybridized carbons (Fsp3) is 0.286. The lowest BCUT2D eigenvalue weighted by molar-refractivity contribution is 0.0938. The summed E-state index contributed by atoms with van der Waals surface area (Å²) in [6, 6.07) is 10.5. The van der Waals surface area contributed by atoms with Crippen LogP contribution in [0, 0.1) is 13.8 Å². The van der Waals surface area contributed by atoms with Crippen molar-refractivity contribution in [1.29, 1.82) is 0 Å². The van der Waals surface area contributed by atoms with E-state index in [4.69, 9.17) is 14.0 Å². The van der Waals surface area contributed by atoms with Gasteiger partial charge < -0.3 is 19.3 Å². The maximum atomic E-state index is 12.6. The molecule has 3 rings (SSSR count). The molecule has 2 aromatic heterocycles. The molecule has 3 aromatic rings. The van der Waals surface area contributed by atoms with Gasteiger partial charge in [0.15, 0.2) is 11.5 Å². The molecule has 0 aliphatic heterocycles. The molecule has 1 N–H and O–H groups in total. The van der Waals surface area contributed by atoms with Crippen LogP contribution in [-0.2, 0) is 6.61 Å². The van der Waals surface area contributed by atoms with Crippen molar-refractivity contribution >= 4 is 5.91 Å². The number of nitrogens with one attached hydrogen (secondary N) is 1. The van der Waals surface area contributed by atoms with Gasteiger partial charge >= 0.3 is 0 Å². The molecule has 0 aliphatic rings. The third-order valence-electron chi connectivity index (χ3n) is 4.46. The maximum absolute atomic E-state index is 12.6. The Morgan fingerprint density at radius 1 is 1.21 bits per heavy atom. The summed E-state index contributed by atoms with van der Waals surface area (Å²) in [5, 5.41) is 6.85. The van der Waals surface area contributed by atoms with Crippen molar-refractivity contribution in [3.63, 3.8) is 0 Å². The number of aromatic nitrogens is 2. The molecule has 0 radical (unpaired) electrons. The fourth-order valence-corrected chi connectivity index (χ4v) is 2.77. The minimum atomic E-state index is -0.214. The van der Waals surface area contributed by atoms with E-state index in [1.807, 2.05) is 39.0 Å². The third kappa shape index (κ3) is 4.31. The van der Waals surface area contributed by atoms with Gasteiger partial charge in [-0.15, -0.1) is 0 Å². The highest BCUT2D eigenvalue weighted by Crippen LogP contribution is 2.29. The van der Waals surface area contributed by atoms with Gasteiger partial charge in [0.1, 0.15) is 12.4 Å². The number of pyridine rings is 1. The van der Waals surface area contributed by atoms with Crippen LogP contribution in [0.4, 0.5) is 0 Å². The van der Waals surface area contributed by atoms with Crippen molar-refractivity contribution in [3.05, 3.63) is 70.9 Å². The summed E-state index contributed by atoms with van der Waals surface area (Å²) in [7, 11) is 1.54. The summed E-state index contributed by atoms with van der Waals surface area (Å²) < 4.78 is 16.4. The Morgan fingerprint density at radius 2 is 2.04 bits per heavy atom. The number of hydrogen-bond donors (Lipinski definition) is 1. The van der Waals surface area contributed by atoms with Gasteiger partial charge in [-0.25, -0.2) is 0 Å². The van der Waals surface area contributed by atoms with Crippen molar-refractivity contribution in [2.24, 2.45) is 0 Å². The van der Waals surface area contributed by atoms with Gasteiger partial charge in [0.2, 0.25) is 0 Å². The topological polar surface area (TPSA) is 86.5 Å². The number of carbonyl (C=O) groups excluding carboxylic acids is 1. The molecule has 0 unspecified atom stereocenters.